The van der Waals surface area contributed by atoms with E-state index in [9.17, 15) is 20.2 Å². The third-order valence-electron chi connectivity index (χ3n) is 5.71. The summed E-state index contributed by atoms with van der Waals surface area (Å²) in [5.74, 6) is -0.0681. The molecule has 3 aromatic heterocycles. The highest BCUT2D eigenvalue weighted by Gasteiger charge is 2.33. The first-order valence-corrected chi connectivity index (χ1v) is 10.5. The summed E-state index contributed by atoms with van der Waals surface area (Å²) in [6, 6.07) is 16.3. The zero-order chi connectivity index (χ0) is 24.7. The van der Waals surface area contributed by atoms with E-state index < -0.39 is 9.85 Å². The first kappa shape index (κ1) is 21.9. The van der Waals surface area contributed by atoms with E-state index in [1.54, 1.807) is 18.2 Å². The lowest BCUT2D eigenvalue weighted by molar-refractivity contribution is -0.386. The minimum absolute atomic E-state index is 0.0167. The number of pyridine rings is 1. The fourth-order valence-electron chi connectivity index (χ4n) is 4.18. The van der Waals surface area contributed by atoms with Gasteiger partial charge in [-0.15, -0.1) is 0 Å². The van der Waals surface area contributed by atoms with Crippen molar-refractivity contribution in [3.05, 3.63) is 97.5 Å². The lowest BCUT2D eigenvalue weighted by Gasteiger charge is -2.15. The van der Waals surface area contributed by atoms with Crippen LogP contribution < -0.4 is 0 Å². The number of rotatable bonds is 6. The van der Waals surface area contributed by atoms with Crippen molar-refractivity contribution in [1.29, 1.82) is 0 Å². The Labute approximate surface area is 197 Å². The van der Waals surface area contributed by atoms with E-state index in [-0.39, 0.29) is 40.7 Å². The third-order valence-corrected chi connectivity index (χ3v) is 5.71. The van der Waals surface area contributed by atoms with Crippen molar-refractivity contribution in [1.82, 2.24) is 15.3 Å². The van der Waals surface area contributed by atoms with Gasteiger partial charge >= 0.3 is 11.4 Å². The van der Waals surface area contributed by atoms with Crippen LogP contribution in [-0.4, -0.2) is 25.1 Å². The summed E-state index contributed by atoms with van der Waals surface area (Å²) in [6.45, 7) is 2.96. The molecule has 11 heteroatoms. The van der Waals surface area contributed by atoms with Crippen molar-refractivity contribution >= 4 is 22.3 Å². The van der Waals surface area contributed by atoms with Crippen molar-refractivity contribution in [2.75, 3.05) is 0 Å². The second-order valence-corrected chi connectivity index (χ2v) is 7.87. The molecule has 0 saturated carbocycles. The van der Waals surface area contributed by atoms with Crippen LogP contribution in [0.3, 0.4) is 0 Å². The zero-order valence-corrected chi connectivity index (χ0v) is 18.6. The Kier molecular flexibility index (Phi) is 5.28. The van der Waals surface area contributed by atoms with Crippen molar-refractivity contribution < 1.29 is 18.9 Å². The highest BCUT2D eigenvalue weighted by atomic mass is 16.6. The van der Waals surface area contributed by atoms with E-state index in [2.05, 4.69) is 10.3 Å². The van der Waals surface area contributed by atoms with Crippen LogP contribution in [-0.2, 0) is 6.42 Å². The van der Waals surface area contributed by atoms with E-state index in [0.29, 0.717) is 33.3 Å². The second kappa shape index (κ2) is 8.45. The van der Waals surface area contributed by atoms with Crippen LogP contribution in [0.1, 0.15) is 22.7 Å². The summed E-state index contributed by atoms with van der Waals surface area (Å²) in [5, 5.41) is 31.9. The van der Waals surface area contributed by atoms with Gasteiger partial charge in [-0.2, -0.15) is 0 Å². The van der Waals surface area contributed by atoms with Gasteiger partial charge in [-0.25, -0.2) is 4.98 Å². The molecular formula is C24H17N5O6. The summed E-state index contributed by atoms with van der Waals surface area (Å²) in [4.78, 5) is 27.4. The van der Waals surface area contributed by atoms with Gasteiger partial charge in [-0.3, -0.25) is 20.2 Å². The molecule has 0 atom stereocenters. The van der Waals surface area contributed by atoms with E-state index in [1.165, 1.54) is 13.8 Å². The minimum Gasteiger partial charge on any atom is -0.353 e. The topological polar surface area (TPSA) is 151 Å². The van der Waals surface area contributed by atoms with Crippen LogP contribution in [0, 0.1) is 34.1 Å². The molecule has 0 saturated heterocycles. The predicted octanol–water partition coefficient (Wildman–Crippen LogP) is 5.57. The van der Waals surface area contributed by atoms with Gasteiger partial charge in [-0.1, -0.05) is 58.8 Å². The van der Waals surface area contributed by atoms with Gasteiger partial charge in [0.1, 0.15) is 0 Å². The van der Waals surface area contributed by atoms with Crippen LogP contribution in [0.15, 0.2) is 63.6 Å². The van der Waals surface area contributed by atoms with Crippen molar-refractivity contribution in [3.8, 4) is 22.6 Å². The molecule has 174 valence electrons. The number of nitro groups is 2. The summed E-state index contributed by atoms with van der Waals surface area (Å²) in [7, 11) is 0. The summed E-state index contributed by atoms with van der Waals surface area (Å²) < 4.78 is 10.8. The van der Waals surface area contributed by atoms with Gasteiger partial charge in [0.2, 0.25) is 11.5 Å². The molecule has 0 aliphatic rings. The predicted molar refractivity (Wildman–Crippen MR) is 125 cm³/mol. The Morgan fingerprint density at radius 2 is 1.46 bits per heavy atom. The van der Waals surface area contributed by atoms with Crippen LogP contribution in [0.4, 0.5) is 11.4 Å². The molecule has 0 aliphatic heterocycles. The maximum absolute atomic E-state index is 12.0. The number of hydrogen-bond donors (Lipinski definition) is 0. The van der Waals surface area contributed by atoms with E-state index in [4.69, 9.17) is 14.0 Å². The molecule has 0 aliphatic carbocycles. The van der Waals surface area contributed by atoms with Crippen LogP contribution in [0.5, 0.6) is 0 Å². The largest absolute Gasteiger partial charge is 0.353 e. The van der Waals surface area contributed by atoms with Crippen LogP contribution in [0.25, 0.3) is 33.5 Å². The number of fused-ring (bicyclic) bond motifs is 1. The molecule has 0 bridgehead atoms. The summed E-state index contributed by atoms with van der Waals surface area (Å²) >= 11 is 0. The van der Waals surface area contributed by atoms with Crippen molar-refractivity contribution in [3.63, 3.8) is 0 Å². The number of aromatic nitrogens is 3. The zero-order valence-electron chi connectivity index (χ0n) is 18.6. The standard InChI is InChI=1S/C24H17N5O6/c1-13-22(28(30)31)19(34-26-13)12-17-16-10-6-7-11-18(16)25-21(15-8-4-3-5-9-15)20(17)24-23(29(32)33)14(2)27-35-24/h3-11H,12H2,1-2H3. The molecule has 2 aromatic carbocycles. The van der Waals surface area contributed by atoms with Gasteiger partial charge in [0, 0.05) is 17.4 Å². The molecule has 0 unspecified atom stereocenters. The first-order chi connectivity index (χ1) is 16.9. The SMILES string of the molecule is Cc1noc(Cc2c(-c3onc(C)c3[N+](=O)[O-])c(-c3ccccc3)nc3ccccc23)c1[N+](=O)[O-]. The van der Waals surface area contributed by atoms with Gasteiger partial charge < -0.3 is 9.05 Å². The Morgan fingerprint density at radius 3 is 2.17 bits per heavy atom. The molecule has 0 radical (unpaired) electrons. The van der Waals surface area contributed by atoms with Crippen molar-refractivity contribution in [2.45, 2.75) is 20.3 Å². The normalized spacial score (nSPS) is 11.1. The van der Waals surface area contributed by atoms with Gasteiger partial charge in [0.25, 0.3) is 0 Å². The smallest absolute Gasteiger partial charge is 0.339 e. The molecule has 5 rings (SSSR count). The summed E-state index contributed by atoms with van der Waals surface area (Å²) in [5.41, 5.74) is 2.20. The Bertz CT molecular complexity index is 1610. The number of hydrogen-bond acceptors (Lipinski definition) is 9. The fraction of sp³-hybridized carbons (Fsp3) is 0.125. The molecule has 0 fully saturated rings. The lowest BCUT2D eigenvalue weighted by atomic mass is 9.91. The molecular weight excluding hydrogens is 454 g/mol. The number of para-hydroxylation sites is 1. The second-order valence-electron chi connectivity index (χ2n) is 7.87. The van der Waals surface area contributed by atoms with Gasteiger partial charge in [0.05, 0.1) is 26.6 Å². The average Bonchev–Trinajstić information content (AvgIpc) is 3.41. The number of aryl methyl sites for hydroxylation is 2. The highest BCUT2D eigenvalue weighted by molar-refractivity contribution is 5.96. The average molecular weight is 471 g/mol. The van der Waals surface area contributed by atoms with Gasteiger partial charge in [0.15, 0.2) is 11.4 Å². The quantitative estimate of drug-likeness (QED) is 0.228. The molecule has 0 N–H and O–H groups in total. The van der Waals surface area contributed by atoms with E-state index >= 15 is 0 Å². The van der Waals surface area contributed by atoms with E-state index in [0.717, 1.165) is 0 Å². The highest BCUT2D eigenvalue weighted by Crippen LogP contribution is 2.44. The maximum Gasteiger partial charge on any atom is 0.339 e. The van der Waals surface area contributed by atoms with Crippen LogP contribution >= 0.6 is 0 Å². The minimum atomic E-state index is -0.560. The Hall–Kier alpha value is -4.93. The molecule has 3 heterocycles. The number of nitrogens with zero attached hydrogens (tertiary/aromatic N) is 5. The van der Waals surface area contributed by atoms with Crippen LogP contribution in [0.2, 0.25) is 0 Å². The maximum atomic E-state index is 12.0. The fourth-order valence-corrected chi connectivity index (χ4v) is 4.18. The number of benzene rings is 2. The third kappa shape index (κ3) is 3.68. The monoisotopic (exact) mass is 471 g/mol. The molecule has 5 aromatic rings. The van der Waals surface area contributed by atoms with Gasteiger partial charge in [-0.05, 0) is 25.5 Å². The molecule has 11 nitrogen and oxygen atoms in total. The Balaban J connectivity index is 1.91. The Morgan fingerprint density at radius 1 is 0.829 bits per heavy atom. The van der Waals surface area contributed by atoms with E-state index in [1.807, 2.05) is 36.4 Å². The first-order valence-electron chi connectivity index (χ1n) is 10.5. The molecule has 35 heavy (non-hydrogen) atoms. The van der Waals surface area contributed by atoms with Crippen molar-refractivity contribution in [2.24, 2.45) is 0 Å². The molecule has 0 amide bonds. The summed E-state index contributed by atoms with van der Waals surface area (Å²) in [6.07, 6.45) is -0.0771. The molecule has 0 spiro atoms. The lowest BCUT2D eigenvalue weighted by Crippen LogP contribution is -2.02.